The highest BCUT2D eigenvalue weighted by Crippen LogP contribution is 2.46. The van der Waals surface area contributed by atoms with Crippen LogP contribution < -0.4 is 0 Å². The molecular weight excluding hydrogens is 1560 g/mol. The van der Waals surface area contributed by atoms with E-state index in [0.717, 1.165) is 103 Å². The Morgan fingerprint density at radius 3 is 0.931 bits per heavy atom. The van der Waals surface area contributed by atoms with Gasteiger partial charge in [-0.2, -0.15) is 0 Å². The first-order chi connectivity index (χ1) is 64.0. The van der Waals surface area contributed by atoms with E-state index in [1.165, 1.54) is 210 Å². The first-order valence-electron chi connectivity index (χ1n) is 51.6. The molecule has 0 amide bonds. The van der Waals surface area contributed by atoms with E-state index in [9.17, 15) is 0 Å². The molecule has 0 saturated heterocycles. The van der Waals surface area contributed by atoms with Gasteiger partial charge < -0.3 is 0 Å². The zero-order valence-electron chi connectivity index (χ0n) is 86.9. The fourth-order valence-electron chi connectivity index (χ4n) is 18.2. The van der Waals surface area contributed by atoms with Crippen LogP contribution in [-0.4, -0.2) is 0 Å². The molecule has 688 valence electrons. The second-order valence-corrected chi connectivity index (χ2v) is 30.9. The summed E-state index contributed by atoms with van der Waals surface area (Å²) in [6, 6.07) is 106. The van der Waals surface area contributed by atoms with Gasteiger partial charge in [0.1, 0.15) is 0 Å². The number of hydrogen-bond donors (Lipinski definition) is 0. The molecule has 15 aromatic rings. The molecule has 0 saturated carbocycles. The van der Waals surface area contributed by atoms with Gasteiger partial charge in [0, 0.05) is 0 Å². The molecule has 0 spiro atoms. The molecule has 0 heteroatoms. The van der Waals surface area contributed by atoms with Crippen molar-refractivity contribution in [2.75, 3.05) is 0 Å². The first-order valence-corrected chi connectivity index (χ1v) is 51.6. The van der Waals surface area contributed by atoms with Crippen LogP contribution in [0.3, 0.4) is 0 Å². The maximum Gasteiger partial charge on any atom is -0.000718 e. The van der Waals surface area contributed by atoms with Crippen LogP contribution in [0.5, 0.6) is 0 Å². The lowest BCUT2D eigenvalue weighted by Crippen LogP contribution is -1.96. The molecule has 4 aliphatic rings. The molecule has 0 N–H and O–H groups in total. The largest absolute Gasteiger partial charge is 0.0683 e. The highest BCUT2D eigenvalue weighted by molar-refractivity contribution is 5.99. The number of aryl methyl sites for hydroxylation is 8. The molecule has 130 heavy (non-hydrogen) atoms. The van der Waals surface area contributed by atoms with Crippen molar-refractivity contribution >= 4 is 32.3 Å². The summed E-state index contributed by atoms with van der Waals surface area (Å²) in [4.78, 5) is 0. The predicted octanol–water partition coefficient (Wildman–Crippen LogP) is 38.6. The highest BCUT2D eigenvalue weighted by atomic mass is 14.3. The lowest BCUT2D eigenvalue weighted by molar-refractivity contribution is 1.05. The zero-order valence-corrected chi connectivity index (χ0v) is 86.9. The molecule has 0 aromatic heterocycles. The number of hydrogen-bond acceptors (Lipinski definition) is 0. The Balaban J connectivity index is 0.000000286. The number of rotatable bonds is 16. The topological polar surface area (TPSA) is 0 Å². The van der Waals surface area contributed by atoms with Crippen LogP contribution in [0.2, 0.25) is 0 Å². The first kappa shape index (κ1) is 110. The van der Waals surface area contributed by atoms with E-state index in [1.54, 1.807) is 0 Å². The Labute approximate surface area is 794 Å². The summed E-state index contributed by atoms with van der Waals surface area (Å²) in [5.41, 5.74) is 46.4. The second kappa shape index (κ2) is 59.4. The van der Waals surface area contributed by atoms with Crippen LogP contribution in [0.4, 0.5) is 0 Å². The Morgan fingerprint density at radius 2 is 0.462 bits per heavy atom. The van der Waals surface area contributed by atoms with Crippen molar-refractivity contribution in [2.45, 2.75) is 310 Å². The van der Waals surface area contributed by atoms with E-state index in [2.05, 4.69) is 334 Å². The van der Waals surface area contributed by atoms with E-state index in [0.29, 0.717) is 0 Å². The zero-order chi connectivity index (χ0) is 95.8. The van der Waals surface area contributed by atoms with Gasteiger partial charge in [-0.05, 0) is 313 Å². The van der Waals surface area contributed by atoms with Crippen molar-refractivity contribution in [1.29, 1.82) is 0 Å². The SMILES string of the molecule is CC.CC.CC.CC.CC.CC.CC.CC.CC.CC.CC.CCc1cc(CC)cc(Cc2ccc3c(c2)Cc2ccccc2-3)c1.CCc1cc(CC)cc(Cc2ccc3c4c(ccc3c2)-c2ccccc2C4)c1.CCc1cc(CC)cc(Cc2cccc3c2-c2ccc4ccccc4c2C3)c1.CCc1cc(CC)cc(Cc2cccc3ccc4c(c23)Cc2ccccc2-4)c1. The fraction of sp³-hybridized carbons (Fsp3) is 0.354. The Bertz CT molecular complexity index is 5770. The minimum Gasteiger partial charge on any atom is -0.0683 e. The molecule has 0 radical (unpaired) electrons. The van der Waals surface area contributed by atoms with Gasteiger partial charge >= 0.3 is 0 Å². The second-order valence-electron chi connectivity index (χ2n) is 30.9. The summed E-state index contributed by atoms with van der Waals surface area (Å²) >= 11 is 0. The summed E-state index contributed by atoms with van der Waals surface area (Å²) in [5, 5.41) is 8.37. The standard InChI is InChI=1S/3C28H26.C24H24.11C2H6/c1-3-19-14-20(4-2)16-21(15-19)17-24-10-7-9-22-12-13-26-25-11-6-5-8-23(25)18-27(26)28(22)24;1-3-19-14-20(4-2)16-21(15-19)17-23-9-7-10-24-18-27-25-11-6-5-8-22(25)12-13-26(27)28(23)24;1-3-19-13-20(4-2)15-22(14-19)16-21-9-11-26-24(17-21)10-12-27-25-8-6-5-7-23(25)18-28(26)27;1-3-17-11-18(4-2)13-20(12-17)14-19-9-10-24-22(15-19)16-21-7-5-6-8-23(21)24;11*1-2/h2*5-16H,3-4,17-18H2,1-2H3;5-15,17H,3-4,16,18H2,1-2H3;5-13,15H,3-4,14,16H2,1-2H3;11*1-2H3. The lowest BCUT2D eigenvalue weighted by atomic mass is 9.91. The van der Waals surface area contributed by atoms with Gasteiger partial charge in [-0.25, -0.2) is 0 Å². The normalized spacial score (nSPS) is 10.6. The average Bonchev–Trinajstić information content (AvgIpc) is 1.61. The third kappa shape index (κ3) is 27.8. The molecule has 0 fully saturated rings. The maximum absolute atomic E-state index is 2.42. The Hall–Kier alpha value is -10.9. The molecule has 19 rings (SSSR count). The summed E-state index contributed by atoms with van der Waals surface area (Å²) in [6.07, 6.45) is 17.1. The quantitative estimate of drug-likeness (QED) is 0.0904. The summed E-state index contributed by atoms with van der Waals surface area (Å²) in [6.45, 7) is 62.0. The van der Waals surface area contributed by atoms with Gasteiger partial charge in [-0.1, -0.05) is 487 Å². The van der Waals surface area contributed by atoms with Crippen molar-refractivity contribution < 1.29 is 0 Å². The van der Waals surface area contributed by atoms with Crippen molar-refractivity contribution in [3.8, 4) is 44.5 Å². The summed E-state index contributed by atoms with van der Waals surface area (Å²) in [7, 11) is 0. The molecule has 4 aliphatic carbocycles. The number of fused-ring (bicyclic) bond motifs is 18. The molecule has 15 aromatic carbocycles. The van der Waals surface area contributed by atoms with Gasteiger partial charge in [-0.3, -0.25) is 0 Å². The summed E-state index contributed by atoms with van der Waals surface area (Å²) < 4.78 is 0. The molecule has 0 unspecified atom stereocenters. The van der Waals surface area contributed by atoms with E-state index in [1.807, 2.05) is 152 Å². The van der Waals surface area contributed by atoms with Gasteiger partial charge in [0.15, 0.2) is 0 Å². The molecule has 0 atom stereocenters. The van der Waals surface area contributed by atoms with Gasteiger partial charge in [-0.15, -0.1) is 0 Å². The Kier molecular flexibility index (Phi) is 50.1. The Morgan fingerprint density at radius 1 is 0.169 bits per heavy atom. The van der Waals surface area contributed by atoms with E-state index < -0.39 is 0 Å². The average molecular weight is 1730 g/mol. The van der Waals surface area contributed by atoms with E-state index in [-0.39, 0.29) is 0 Å². The molecule has 0 heterocycles. The van der Waals surface area contributed by atoms with E-state index in [4.69, 9.17) is 0 Å². The van der Waals surface area contributed by atoms with E-state index >= 15 is 0 Å². The number of benzene rings is 15. The van der Waals surface area contributed by atoms with Crippen molar-refractivity contribution in [1.82, 2.24) is 0 Å². The molecular formula is C130H168. The van der Waals surface area contributed by atoms with Gasteiger partial charge in [0.2, 0.25) is 0 Å². The highest BCUT2D eigenvalue weighted by Gasteiger charge is 2.26. The lowest BCUT2D eigenvalue weighted by Gasteiger charge is -2.13. The minimum absolute atomic E-state index is 1.00. The van der Waals surface area contributed by atoms with Crippen LogP contribution in [0, 0.1) is 0 Å². The predicted molar refractivity (Wildman–Crippen MR) is 588 cm³/mol. The van der Waals surface area contributed by atoms with Crippen molar-refractivity contribution in [2.24, 2.45) is 0 Å². The molecule has 0 aliphatic heterocycles. The van der Waals surface area contributed by atoms with Gasteiger partial charge in [0.25, 0.3) is 0 Å². The molecule has 0 nitrogen and oxygen atoms in total. The van der Waals surface area contributed by atoms with Crippen LogP contribution in [0.1, 0.15) is 341 Å². The van der Waals surface area contributed by atoms with Crippen LogP contribution in [0.15, 0.2) is 279 Å². The van der Waals surface area contributed by atoms with Crippen LogP contribution >= 0.6 is 0 Å². The smallest absolute Gasteiger partial charge is 0.000718 e. The summed E-state index contributed by atoms with van der Waals surface area (Å²) in [5.74, 6) is 0. The van der Waals surface area contributed by atoms with Crippen LogP contribution in [0.25, 0.3) is 76.8 Å². The van der Waals surface area contributed by atoms with Gasteiger partial charge in [0.05, 0.1) is 0 Å². The van der Waals surface area contributed by atoms with Crippen LogP contribution in [-0.2, 0) is 103 Å². The monoisotopic (exact) mass is 1730 g/mol. The van der Waals surface area contributed by atoms with Crippen molar-refractivity contribution in [3.05, 3.63) is 413 Å². The minimum atomic E-state index is 1.00. The maximum atomic E-state index is 2.42. The fourth-order valence-corrected chi connectivity index (χ4v) is 18.2. The van der Waals surface area contributed by atoms with Crippen molar-refractivity contribution in [3.63, 3.8) is 0 Å². The third-order valence-corrected chi connectivity index (χ3v) is 23.9. The molecule has 0 bridgehead atoms. The third-order valence-electron chi connectivity index (χ3n) is 23.9.